The van der Waals surface area contributed by atoms with E-state index in [4.69, 9.17) is 11.6 Å². The summed E-state index contributed by atoms with van der Waals surface area (Å²) in [7, 11) is -3.50. The first-order valence-electron chi connectivity index (χ1n) is 6.70. The Bertz CT molecular complexity index is 651. The molecule has 0 atom stereocenters. The molecule has 5 nitrogen and oxygen atoms in total. The lowest BCUT2D eigenvalue weighted by atomic mass is 9.98. The molecule has 2 rings (SSSR count). The van der Waals surface area contributed by atoms with Crippen LogP contribution in [0.25, 0.3) is 0 Å². The molecule has 1 aliphatic carbocycles. The zero-order valence-electron chi connectivity index (χ0n) is 11.7. The molecule has 0 heterocycles. The molecule has 1 fully saturated rings. The van der Waals surface area contributed by atoms with Crippen LogP contribution in [0.15, 0.2) is 23.1 Å². The molecule has 0 aliphatic heterocycles. The van der Waals surface area contributed by atoms with Crippen molar-refractivity contribution in [2.24, 2.45) is 0 Å². The highest BCUT2D eigenvalue weighted by Gasteiger charge is 2.35. The van der Waals surface area contributed by atoms with Crippen molar-refractivity contribution >= 4 is 27.3 Å². The van der Waals surface area contributed by atoms with Gasteiger partial charge in [-0.2, -0.15) is 0 Å². The number of hydrogen-bond acceptors (Lipinski definition) is 4. The van der Waals surface area contributed by atoms with Gasteiger partial charge in [-0.05, 0) is 31.0 Å². The first-order chi connectivity index (χ1) is 9.77. The Labute approximate surface area is 129 Å². The quantitative estimate of drug-likeness (QED) is 0.881. The third-order valence-corrected chi connectivity index (χ3v) is 5.41. The topological polar surface area (TPSA) is 83.5 Å². The molecule has 0 spiro atoms. The molecule has 2 N–H and O–H groups in total. The number of rotatable bonds is 4. The van der Waals surface area contributed by atoms with Crippen molar-refractivity contribution < 1.29 is 18.3 Å². The van der Waals surface area contributed by atoms with Crippen molar-refractivity contribution in [3.63, 3.8) is 0 Å². The number of aliphatic hydroxyl groups excluding tert-OH is 1. The number of sulfone groups is 1. The van der Waals surface area contributed by atoms with Gasteiger partial charge in [-0.15, -0.1) is 0 Å². The lowest BCUT2D eigenvalue weighted by Gasteiger charge is -2.28. The van der Waals surface area contributed by atoms with Crippen LogP contribution in [0.4, 0.5) is 0 Å². The van der Waals surface area contributed by atoms with Crippen LogP contribution in [0.2, 0.25) is 5.02 Å². The molecule has 0 bridgehead atoms. The molecule has 0 unspecified atom stereocenters. The van der Waals surface area contributed by atoms with E-state index < -0.39 is 21.3 Å². The Hall–Kier alpha value is -1.11. The van der Waals surface area contributed by atoms with Crippen molar-refractivity contribution in [3.05, 3.63) is 28.8 Å². The highest BCUT2D eigenvalue weighted by atomic mass is 35.5. The molecular weight excluding hydrogens is 314 g/mol. The summed E-state index contributed by atoms with van der Waals surface area (Å²) >= 11 is 5.86. The molecule has 116 valence electrons. The lowest BCUT2D eigenvalue weighted by molar-refractivity contribution is 0.0838. The summed E-state index contributed by atoms with van der Waals surface area (Å²) in [6.07, 6.45) is 4.40. The zero-order valence-corrected chi connectivity index (χ0v) is 13.3. The van der Waals surface area contributed by atoms with E-state index in [-0.39, 0.29) is 22.1 Å². The third kappa shape index (κ3) is 3.56. The van der Waals surface area contributed by atoms with Crippen LogP contribution < -0.4 is 5.32 Å². The average molecular weight is 332 g/mol. The molecule has 0 saturated heterocycles. The molecular formula is C14H18ClNO4S. The van der Waals surface area contributed by atoms with E-state index >= 15 is 0 Å². The lowest BCUT2D eigenvalue weighted by Crippen LogP contribution is -2.49. The van der Waals surface area contributed by atoms with Gasteiger partial charge in [-0.25, -0.2) is 8.42 Å². The van der Waals surface area contributed by atoms with Crippen molar-refractivity contribution in [3.8, 4) is 0 Å². The molecule has 0 aromatic heterocycles. The maximum atomic E-state index is 12.3. The van der Waals surface area contributed by atoms with E-state index in [2.05, 4.69) is 5.32 Å². The Morgan fingerprint density at radius 2 is 2.00 bits per heavy atom. The van der Waals surface area contributed by atoms with E-state index in [1.165, 1.54) is 18.2 Å². The van der Waals surface area contributed by atoms with Gasteiger partial charge in [0, 0.05) is 11.8 Å². The SMILES string of the molecule is CS(=O)(=O)c1cc(C(=O)NC2(CO)CCCC2)ccc1Cl. The summed E-state index contributed by atoms with van der Waals surface area (Å²) in [5.41, 5.74) is -0.373. The predicted molar refractivity (Wildman–Crippen MR) is 80.3 cm³/mol. The highest BCUT2D eigenvalue weighted by molar-refractivity contribution is 7.90. The van der Waals surface area contributed by atoms with Gasteiger partial charge >= 0.3 is 0 Å². The fraction of sp³-hybridized carbons (Fsp3) is 0.500. The number of benzene rings is 1. The number of carbonyl (C=O) groups excluding carboxylic acids is 1. The minimum atomic E-state index is -3.50. The average Bonchev–Trinajstić information content (AvgIpc) is 2.87. The van der Waals surface area contributed by atoms with Crippen molar-refractivity contribution in [2.45, 2.75) is 36.1 Å². The van der Waals surface area contributed by atoms with E-state index in [1.54, 1.807) is 0 Å². The van der Waals surface area contributed by atoms with Crippen molar-refractivity contribution in [2.75, 3.05) is 12.9 Å². The summed E-state index contributed by atoms with van der Waals surface area (Å²) in [4.78, 5) is 12.2. The van der Waals surface area contributed by atoms with Gasteiger partial charge in [0.15, 0.2) is 9.84 Å². The Balaban J connectivity index is 2.28. The molecule has 21 heavy (non-hydrogen) atoms. The predicted octanol–water partition coefficient (Wildman–Crippen LogP) is 1.78. The second-order valence-electron chi connectivity index (χ2n) is 5.52. The van der Waals surface area contributed by atoms with Crippen LogP contribution in [-0.2, 0) is 9.84 Å². The van der Waals surface area contributed by atoms with Gasteiger partial charge in [0.1, 0.15) is 0 Å². The third-order valence-electron chi connectivity index (χ3n) is 3.83. The minimum Gasteiger partial charge on any atom is -0.394 e. The Kier molecular flexibility index (Phi) is 4.60. The molecule has 0 radical (unpaired) electrons. The molecule has 1 aromatic rings. The van der Waals surface area contributed by atoms with Crippen LogP contribution in [0.1, 0.15) is 36.0 Å². The van der Waals surface area contributed by atoms with Gasteiger partial charge in [-0.1, -0.05) is 24.4 Å². The monoisotopic (exact) mass is 331 g/mol. The summed E-state index contributed by atoms with van der Waals surface area (Å²) in [6, 6.07) is 4.15. The van der Waals surface area contributed by atoms with Crippen LogP contribution >= 0.6 is 11.6 Å². The van der Waals surface area contributed by atoms with Crippen LogP contribution in [-0.4, -0.2) is 37.8 Å². The van der Waals surface area contributed by atoms with E-state index in [0.29, 0.717) is 0 Å². The standard InChI is InChI=1S/C14H18ClNO4S/c1-21(19,20)12-8-10(4-5-11(12)15)13(18)16-14(9-17)6-2-3-7-14/h4-5,8,17H,2-3,6-7,9H2,1H3,(H,16,18). The number of aliphatic hydroxyl groups is 1. The fourth-order valence-corrected chi connectivity index (χ4v) is 3.92. The first-order valence-corrected chi connectivity index (χ1v) is 8.97. The number of nitrogens with one attached hydrogen (secondary N) is 1. The Morgan fingerprint density at radius 3 is 2.52 bits per heavy atom. The number of hydrogen-bond donors (Lipinski definition) is 2. The van der Waals surface area contributed by atoms with Crippen molar-refractivity contribution in [1.29, 1.82) is 0 Å². The van der Waals surface area contributed by atoms with Gasteiger partial charge < -0.3 is 10.4 Å². The van der Waals surface area contributed by atoms with E-state index in [0.717, 1.165) is 31.9 Å². The molecule has 7 heteroatoms. The van der Waals surface area contributed by atoms with Gasteiger partial charge in [-0.3, -0.25) is 4.79 Å². The van der Waals surface area contributed by atoms with Gasteiger partial charge in [0.25, 0.3) is 5.91 Å². The summed E-state index contributed by atoms with van der Waals surface area (Å²) in [6.45, 7) is -0.120. The molecule has 1 aromatic carbocycles. The summed E-state index contributed by atoms with van der Waals surface area (Å²) in [5.74, 6) is -0.396. The smallest absolute Gasteiger partial charge is 0.251 e. The summed E-state index contributed by atoms with van der Waals surface area (Å²) < 4.78 is 23.3. The minimum absolute atomic E-state index is 0.0683. The number of amides is 1. The maximum Gasteiger partial charge on any atom is 0.251 e. The van der Waals surface area contributed by atoms with Crippen LogP contribution in [0.5, 0.6) is 0 Å². The van der Waals surface area contributed by atoms with Gasteiger partial charge in [0.05, 0.1) is 22.1 Å². The molecule has 1 saturated carbocycles. The molecule has 1 aliphatic rings. The molecule has 1 amide bonds. The number of halogens is 1. The van der Waals surface area contributed by atoms with Crippen LogP contribution in [0, 0.1) is 0 Å². The normalized spacial score (nSPS) is 17.7. The maximum absolute atomic E-state index is 12.3. The summed E-state index contributed by atoms with van der Waals surface area (Å²) in [5, 5.41) is 12.4. The largest absolute Gasteiger partial charge is 0.394 e. The second kappa shape index (κ2) is 5.94. The first kappa shape index (κ1) is 16.3. The Morgan fingerprint density at radius 1 is 1.38 bits per heavy atom. The fourth-order valence-electron chi connectivity index (χ4n) is 2.62. The number of carbonyl (C=O) groups is 1. The van der Waals surface area contributed by atoms with E-state index in [1.807, 2.05) is 0 Å². The van der Waals surface area contributed by atoms with Crippen molar-refractivity contribution in [1.82, 2.24) is 5.32 Å². The zero-order chi connectivity index (χ0) is 15.7. The van der Waals surface area contributed by atoms with Crippen LogP contribution in [0.3, 0.4) is 0 Å². The van der Waals surface area contributed by atoms with Gasteiger partial charge in [0.2, 0.25) is 0 Å². The van der Waals surface area contributed by atoms with E-state index in [9.17, 15) is 18.3 Å². The highest BCUT2D eigenvalue weighted by Crippen LogP contribution is 2.30. The second-order valence-corrected chi connectivity index (χ2v) is 7.91.